The summed E-state index contributed by atoms with van der Waals surface area (Å²) in [6, 6.07) is 9.20. The third-order valence-electron chi connectivity index (χ3n) is 4.87. The Bertz CT molecular complexity index is 819. The van der Waals surface area contributed by atoms with E-state index in [-0.39, 0.29) is 23.4 Å². The molecule has 1 aromatic rings. The summed E-state index contributed by atoms with van der Waals surface area (Å²) in [5, 5.41) is 10.6. The summed E-state index contributed by atoms with van der Waals surface area (Å²) in [5.41, 5.74) is -2.59. The Morgan fingerprint density at radius 1 is 1.13 bits per heavy atom. The molecular formula is C18H14O5. The Hall–Kier alpha value is -2.53. The van der Waals surface area contributed by atoms with E-state index in [0.717, 1.165) is 5.56 Å². The van der Waals surface area contributed by atoms with Crippen molar-refractivity contribution in [1.29, 1.82) is 0 Å². The highest BCUT2D eigenvalue weighted by atomic mass is 16.6. The lowest BCUT2D eigenvalue weighted by molar-refractivity contribution is -0.164. The topological polar surface area (TPSA) is 80.7 Å². The number of esters is 1. The minimum atomic E-state index is -2.13. The number of rotatable bonds is 2. The molecule has 5 nitrogen and oxygen atoms in total. The lowest BCUT2D eigenvalue weighted by atomic mass is 9.76. The molecule has 2 bridgehead atoms. The number of Topliss-reactive ketones (excluding diaryl/α,β-unsaturated/α-hetero) is 2. The monoisotopic (exact) mass is 310 g/mol. The molecule has 116 valence electrons. The summed E-state index contributed by atoms with van der Waals surface area (Å²) in [6.45, 7) is 1.57. The fourth-order valence-electron chi connectivity index (χ4n) is 3.61. The average molecular weight is 310 g/mol. The van der Waals surface area contributed by atoms with Gasteiger partial charge in [0, 0.05) is 0 Å². The first-order valence-electron chi connectivity index (χ1n) is 7.39. The summed E-state index contributed by atoms with van der Waals surface area (Å²) in [7, 11) is 0. The van der Waals surface area contributed by atoms with Crippen molar-refractivity contribution in [2.24, 2.45) is 5.41 Å². The average Bonchev–Trinajstić information content (AvgIpc) is 2.73. The Morgan fingerprint density at radius 2 is 1.83 bits per heavy atom. The van der Waals surface area contributed by atoms with E-state index in [1.807, 2.05) is 30.3 Å². The molecule has 2 aliphatic heterocycles. The van der Waals surface area contributed by atoms with Gasteiger partial charge in [0.15, 0.2) is 11.6 Å². The quantitative estimate of drug-likeness (QED) is 0.499. The van der Waals surface area contributed by atoms with E-state index in [9.17, 15) is 19.5 Å². The molecule has 1 aromatic carbocycles. The Morgan fingerprint density at radius 3 is 2.48 bits per heavy atom. The van der Waals surface area contributed by atoms with Crippen molar-refractivity contribution in [2.45, 2.75) is 25.0 Å². The molecule has 0 amide bonds. The zero-order valence-electron chi connectivity index (χ0n) is 12.4. The molecule has 0 saturated carbocycles. The molecule has 2 aliphatic carbocycles. The van der Waals surface area contributed by atoms with Gasteiger partial charge in [-0.3, -0.25) is 9.59 Å². The van der Waals surface area contributed by atoms with E-state index >= 15 is 0 Å². The molecule has 0 radical (unpaired) electrons. The van der Waals surface area contributed by atoms with E-state index in [1.165, 1.54) is 12.2 Å². The first-order valence-corrected chi connectivity index (χ1v) is 7.39. The van der Waals surface area contributed by atoms with Crippen LogP contribution >= 0.6 is 0 Å². The summed E-state index contributed by atoms with van der Waals surface area (Å²) in [6.07, 6.45) is 2.05. The van der Waals surface area contributed by atoms with Gasteiger partial charge in [-0.15, -0.1) is 0 Å². The normalized spacial score (nSPS) is 34.9. The standard InChI is InChI=1S/C18H14O5/c1-17(9-10-5-3-2-4-6-10)14(19)12-11-7-8-18(22,16(21)23-11)13(12)15(17)20/h2-8,11,22H,9H2,1H3. The van der Waals surface area contributed by atoms with Crippen molar-refractivity contribution < 1.29 is 24.2 Å². The number of carbonyl (C=O) groups excluding carboxylic acids is 3. The molecule has 4 aliphatic rings. The Kier molecular flexibility index (Phi) is 2.61. The first kappa shape index (κ1) is 14.1. The van der Waals surface area contributed by atoms with Crippen LogP contribution in [0.2, 0.25) is 0 Å². The number of fused-ring (bicyclic) bond motifs is 1. The number of ketones is 2. The maximum absolute atomic E-state index is 12.9. The molecule has 2 heterocycles. The molecule has 0 spiro atoms. The van der Waals surface area contributed by atoms with Crippen LogP contribution < -0.4 is 0 Å². The van der Waals surface area contributed by atoms with Crippen LogP contribution in [0.3, 0.4) is 0 Å². The predicted molar refractivity (Wildman–Crippen MR) is 79.3 cm³/mol. The number of benzene rings is 1. The zero-order valence-corrected chi connectivity index (χ0v) is 12.4. The molecule has 0 aromatic heterocycles. The zero-order chi connectivity index (χ0) is 16.4. The van der Waals surface area contributed by atoms with Crippen molar-refractivity contribution in [3.05, 3.63) is 59.2 Å². The van der Waals surface area contributed by atoms with Crippen molar-refractivity contribution in [3.8, 4) is 0 Å². The molecule has 5 rings (SSSR count). The van der Waals surface area contributed by atoms with Crippen LogP contribution in [0.1, 0.15) is 12.5 Å². The van der Waals surface area contributed by atoms with Crippen molar-refractivity contribution in [3.63, 3.8) is 0 Å². The highest BCUT2D eigenvalue weighted by Crippen LogP contribution is 2.49. The van der Waals surface area contributed by atoms with Gasteiger partial charge in [-0.05, 0) is 31.1 Å². The molecular weight excluding hydrogens is 296 g/mol. The number of ether oxygens (including phenoxy) is 1. The Balaban J connectivity index is 1.80. The van der Waals surface area contributed by atoms with E-state index in [2.05, 4.69) is 0 Å². The van der Waals surface area contributed by atoms with E-state index in [4.69, 9.17) is 4.74 Å². The summed E-state index contributed by atoms with van der Waals surface area (Å²) in [5.74, 6) is -1.76. The largest absolute Gasteiger partial charge is 0.450 e. The van der Waals surface area contributed by atoms with Crippen LogP contribution in [0, 0.1) is 5.41 Å². The first-order chi connectivity index (χ1) is 10.9. The van der Waals surface area contributed by atoms with E-state index in [0.29, 0.717) is 0 Å². The Labute approximate surface area is 132 Å². The third-order valence-corrected chi connectivity index (χ3v) is 4.87. The van der Waals surface area contributed by atoms with Gasteiger partial charge in [0.05, 0.1) is 16.6 Å². The molecule has 1 N–H and O–H groups in total. The number of carbonyl (C=O) groups is 3. The van der Waals surface area contributed by atoms with Gasteiger partial charge in [-0.2, -0.15) is 0 Å². The van der Waals surface area contributed by atoms with Gasteiger partial charge >= 0.3 is 5.97 Å². The highest BCUT2D eigenvalue weighted by Gasteiger charge is 2.64. The van der Waals surface area contributed by atoms with Gasteiger partial charge in [0.1, 0.15) is 6.10 Å². The van der Waals surface area contributed by atoms with Gasteiger partial charge < -0.3 is 9.84 Å². The van der Waals surface area contributed by atoms with Crippen molar-refractivity contribution >= 4 is 17.5 Å². The summed E-state index contributed by atoms with van der Waals surface area (Å²) >= 11 is 0. The molecule has 0 saturated heterocycles. The smallest absolute Gasteiger partial charge is 0.348 e. The van der Waals surface area contributed by atoms with Crippen LogP contribution in [0.4, 0.5) is 0 Å². The van der Waals surface area contributed by atoms with Crippen LogP contribution in [0.25, 0.3) is 0 Å². The van der Waals surface area contributed by atoms with Gasteiger partial charge in [0.2, 0.25) is 5.60 Å². The van der Waals surface area contributed by atoms with Gasteiger partial charge in [-0.25, -0.2) is 4.79 Å². The number of hydrogen-bond acceptors (Lipinski definition) is 5. The second kappa shape index (κ2) is 4.26. The van der Waals surface area contributed by atoms with Crippen LogP contribution in [-0.2, 0) is 25.5 Å². The molecule has 23 heavy (non-hydrogen) atoms. The third kappa shape index (κ3) is 1.63. The second-order valence-electron chi connectivity index (χ2n) is 6.39. The SMILES string of the molecule is CC1(Cc2ccccc2)C(=O)C2=C(C1=O)C1(O)C=CC2OC1=O. The van der Waals surface area contributed by atoms with E-state index < -0.39 is 28.9 Å². The van der Waals surface area contributed by atoms with Crippen molar-refractivity contribution in [1.82, 2.24) is 0 Å². The highest BCUT2D eigenvalue weighted by molar-refractivity contribution is 6.31. The lowest BCUT2D eigenvalue weighted by Crippen LogP contribution is -2.51. The summed E-state index contributed by atoms with van der Waals surface area (Å²) < 4.78 is 5.06. The number of hydrogen-bond donors (Lipinski definition) is 1. The number of aliphatic hydroxyl groups is 1. The van der Waals surface area contributed by atoms with E-state index in [1.54, 1.807) is 6.92 Å². The summed E-state index contributed by atoms with van der Waals surface area (Å²) in [4.78, 5) is 37.8. The van der Waals surface area contributed by atoms with Gasteiger partial charge in [-0.1, -0.05) is 30.3 Å². The molecule has 3 unspecified atom stereocenters. The fraction of sp³-hybridized carbons (Fsp3) is 0.278. The van der Waals surface area contributed by atoms with Crippen molar-refractivity contribution in [2.75, 3.05) is 0 Å². The molecule has 3 atom stereocenters. The van der Waals surface area contributed by atoms with Crippen LogP contribution in [0.5, 0.6) is 0 Å². The maximum atomic E-state index is 12.9. The van der Waals surface area contributed by atoms with Crippen LogP contribution in [-0.4, -0.2) is 34.3 Å². The minimum Gasteiger partial charge on any atom is -0.450 e. The molecule has 0 fully saturated rings. The van der Waals surface area contributed by atoms with Crippen LogP contribution in [0.15, 0.2) is 53.6 Å². The predicted octanol–water partition coefficient (Wildman–Crippen LogP) is 0.910. The fourth-order valence-corrected chi connectivity index (χ4v) is 3.61. The lowest BCUT2D eigenvalue weighted by Gasteiger charge is -2.36. The molecule has 5 heteroatoms. The van der Waals surface area contributed by atoms with Gasteiger partial charge in [0.25, 0.3) is 0 Å². The second-order valence-corrected chi connectivity index (χ2v) is 6.39. The maximum Gasteiger partial charge on any atom is 0.348 e. The minimum absolute atomic E-state index is 0.107.